The number of halogens is 1. The average Bonchev–Trinajstić information content (AvgIpc) is 2.74. The Balaban J connectivity index is 1.60. The highest BCUT2D eigenvalue weighted by Gasteiger charge is 2.17. The first-order valence-corrected chi connectivity index (χ1v) is 9.57. The van der Waals surface area contributed by atoms with Crippen molar-refractivity contribution in [1.82, 2.24) is 9.91 Å². The molecule has 1 aliphatic rings. The summed E-state index contributed by atoms with van der Waals surface area (Å²) in [6, 6.07) is 11.8. The summed E-state index contributed by atoms with van der Waals surface area (Å²) in [6.45, 7) is 4.48. The highest BCUT2D eigenvalue weighted by molar-refractivity contribution is 6.31. The molecule has 0 unspecified atom stereocenters. The smallest absolute Gasteiger partial charge is 0.203 e. The van der Waals surface area contributed by atoms with Crippen LogP contribution in [0, 0.1) is 0 Å². The van der Waals surface area contributed by atoms with Gasteiger partial charge < -0.3 is 14.2 Å². The van der Waals surface area contributed by atoms with Gasteiger partial charge in [-0.3, -0.25) is 9.91 Å². The highest BCUT2D eigenvalue weighted by atomic mass is 35.5. The van der Waals surface area contributed by atoms with Crippen LogP contribution in [0.3, 0.4) is 0 Å². The lowest BCUT2D eigenvalue weighted by atomic mass is 10.2. The minimum Gasteiger partial charge on any atom is -0.493 e. The first-order valence-electron chi connectivity index (χ1n) is 9.19. The third kappa shape index (κ3) is 4.88. The second kappa shape index (κ2) is 9.66. The summed E-state index contributed by atoms with van der Waals surface area (Å²) in [5, 5.41) is 7.52. The van der Waals surface area contributed by atoms with Gasteiger partial charge in [0.05, 0.1) is 27.5 Å². The molecule has 0 saturated carbocycles. The number of hydrogen-bond acceptors (Lipinski definition) is 6. The van der Waals surface area contributed by atoms with Gasteiger partial charge >= 0.3 is 0 Å². The number of methoxy groups -OCH3 is 3. The summed E-state index contributed by atoms with van der Waals surface area (Å²) in [5.74, 6) is 1.82. The Hall–Kier alpha value is -2.44. The molecule has 28 heavy (non-hydrogen) atoms. The summed E-state index contributed by atoms with van der Waals surface area (Å²) < 4.78 is 16.1. The summed E-state index contributed by atoms with van der Waals surface area (Å²) in [7, 11) is 4.81. The second-order valence-corrected chi connectivity index (χ2v) is 6.93. The standard InChI is InChI=1S/C21H26ClN3O3/c1-26-19-12-16(13-20(27-2)21(19)28-3)14-23-25-10-8-24(9-11-25)15-17-6-4-5-7-18(17)22/h4-7,12-14H,8-11,15H2,1-3H3/b23-14+. The number of ether oxygens (including phenoxy) is 3. The lowest BCUT2D eigenvalue weighted by molar-refractivity contribution is 0.131. The lowest BCUT2D eigenvalue weighted by Gasteiger charge is -2.33. The van der Waals surface area contributed by atoms with Gasteiger partial charge in [-0.05, 0) is 23.8 Å². The van der Waals surface area contributed by atoms with Gasteiger partial charge in [-0.25, -0.2) is 0 Å². The number of nitrogens with zero attached hydrogens (tertiary/aromatic N) is 3. The van der Waals surface area contributed by atoms with Crippen LogP contribution in [0.15, 0.2) is 41.5 Å². The Morgan fingerprint density at radius 1 is 0.964 bits per heavy atom. The normalized spacial score (nSPS) is 15.1. The number of hydrazone groups is 1. The molecule has 6 nitrogen and oxygen atoms in total. The molecule has 0 spiro atoms. The quantitative estimate of drug-likeness (QED) is 0.662. The minimum absolute atomic E-state index is 0.579. The van der Waals surface area contributed by atoms with Crippen molar-refractivity contribution in [2.75, 3.05) is 47.5 Å². The van der Waals surface area contributed by atoms with E-state index in [1.807, 2.05) is 36.5 Å². The van der Waals surface area contributed by atoms with Crippen LogP contribution in [0.25, 0.3) is 0 Å². The topological polar surface area (TPSA) is 46.5 Å². The molecule has 0 aromatic heterocycles. The van der Waals surface area contributed by atoms with Crippen molar-refractivity contribution in [3.8, 4) is 17.2 Å². The molecule has 0 bridgehead atoms. The number of piperazine rings is 1. The zero-order valence-corrected chi connectivity index (χ0v) is 17.3. The maximum absolute atomic E-state index is 6.27. The van der Waals surface area contributed by atoms with Crippen molar-refractivity contribution >= 4 is 17.8 Å². The summed E-state index contributed by atoms with van der Waals surface area (Å²) in [5.41, 5.74) is 2.06. The summed E-state index contributed by atoms with van der Waals surface area (Å²) in [6.07, 6.45) is 1.83. The van der Waals surface area contributed by atoms with E-state index >= 15 is 0 Å². The van der Waals surface area contributed by atoms with Crippen molar-refractivity contribution in [2.45, 2.75) is 6.54 Å². The predicted molar refractivity (Wildman–Crippen MR) is 112 cm³/mol. The van der Waals surface area contributed by atoms with Crippen LogP contribution in [-0.4, -0.2) is 63.6 Å². The SMILES string of the molecule is COc1cc(/C=N/N2CCN(Cc3ccccc3Cl)CC2)cc(OC)c1OC. The molecule has 7 heteroatoms. The molecule has 0 amide bonds. The monoisotopic (exact) mass is 403 g/mol. The molecule has 1 heterocycles. The molecule has 1 fully saturated rings. The third-order valence-corrected chi connectivity index (χ3v) is 5.13. The predicted octanol–water partition coefficient (Wildman–Crippen LogP) is 3.52. The molecule has 0 atom stereocenters. The Labute approximate surface area is 171 Å². The summed E-state index contributed by atoms with van der Waals surface area (Å²) >= 11 is 6.27. The molecule has 0 aliphatic carbocycles. The Morgan fingerprint density at radius 3 is 2.18 bits per heavy atom. The fraction of sp³-hybridized carbons (Fsp3) is 0.381. The van der Waals surface area contributed by atoms with Gasteiger partial charge in [-0.15, -0.1) is 0 Å². The maximum Gasteiger partial charge on any atom is 0.203 e. The molecule has 0 N–H and O–H groups in total. The number of benzene rings is 2. The summed E-state index contributed by atoms with van der Waals surface area (Å²) in [4.78, 5) is 2.40. The molecular formula is C21H26ClN3O3. The van der Waals surface area contributed by atoms with Crippen LogP contribution >= 0.6 is 11.6 Å². The van der Waals surface area contributed by atoms with E-state index < -0.39 is 0 Å². The number of hydrogen-bond donors (Lipinski definition) is 0. The fourth-order valence-electron chi connectivity index (χ4n) is 3.20. The van der Waals surface area contributed by atoms with Crippen LogP contribution in [0.2, 0.25) is 5.02 Å². The van der Waals surface area contributed by atoms with E-state index in [4.69, 9.17) is 25.8 Å². The van der Waals surface area contributed by atoms with Gasteiger partial charge in [-0.2, -0.15) is 5.10 Å². The van der Waals surface area contributed by atoms with Crippen molar-refractivity contribution in [3.63, 3.8) is 0 Å². The molecule has 1 aliphatic heterocycles. The van der Waals surface area contributed by atoms with Crippen LogP contribution in [0.1, 0.15) is 11.1 Å². The van der Waals surface area contributed by atoms with Crippen LogP contribution in [0.5, 0.6) is 17.2 Å². The minimum atomic E-state index is 0.579. The Bertz CT molecular complexity index is 795. The van der Waals surface area contributed by atoms with Crippen molar-refractivity contribution < 1.29 is 14.2 Å². The van der Waals surface area contributed by atoms with E-state index in [1.54, 1.807) is 21.3 Å². The maximum atomic E-state index is 6.27. The van der Waals surface area contributed by atoms with Gasteiger partial charge in [0.2, 0.25) is 5.75 Å². The zero-order valence-electron chi connectivity index (χ0n) is 16.5. The van der Waals surface area contributed by atoms with E-state index in [9.17, 15) is 0 Å². The van der Waals surface area contributed by atoms with E-state index in [0.29, 0.717) is 17.2 Å². The average molecular weight is 404 g/mol. The molecule has 150 valence electrons. The molecule has 0 radical (unpaired) electrons. The van der Waals surface area contributed by atoms with E-state index in [2.05, 4.69) is 21.1 Å². The van der Waals surface area contributed by atoms with Gasteiger partial charge in [-0.1, -0.05) is 29.8 Å². The molecular weight excluding hydrogens is 378 g/mol. The number of rotatable bonds is 7. The Kier molecular flexibility index (Phi) is 7.01. The molecule has 2 aromatic carbocycles. The van der Waals surface area contributed by atoms with E-state index in [-0.39, 0.29) is 0 Å². The molecule has 2 aromatic rings. The first-order chi connectivity index (χ1) is 13.6. The fourth-order valence-corrected chi connectivity index (χ4v) is 3.40. The third-order valence-electron chi connectivity index (χ3n) is 4.76. The van der Waals surface area contributed by atoms with Crippen molar-refractivity contribution in [2.24, 2.45) is 5.10 Å². The Morgan fingerprint density at radius 2 is 1.61 bits per heavy atom. The van der Waals surface area contributed by atoms with E-state index in [0.717, 1.165) is 43.3 Å². The van der Waals surface area contributed by atoms with Crippen LogP contribution < -0.4 is 14.2 Å². The highest BCUT2D eigenvalue weighted by Crippen LogP contribution is 2.37. The van der Waals surface area contributed by atoms with Crippen molar-refractivity contribution in [3.05, 3.63) is 52.5 Å². The van der Waals surface area contributed by atoms with Crippen LogP contribution in [0.4, 0.5) is 0 Å². The lowest BCUT2D eigenvalue weighted by Crippen LogP contribution is -2.43. The van der Waals surface area contributed by atoms with Gasteiger partial charge in [0.25, 0.3) is 0 Å². The van der Waals surface area contributed by atoms with Gasteiger partial charge in [0.1, 0.15) is 0 Å². The molecule has 3 rings (SSSR count). The van der Waals surface area contributed by atoms with E-state index in [1.165, 1.54) is 5.56 Å². The molecule has 1 saturated heterocycles. The largest absolute Gasteiger partial charge is 0.493 e. The van der Waals surface area contributed by atoms with Crippen LogP contribution in [-0.2, 0) is 6.54 Å². The van der Waals surface area contributed by atoms with Gasteiger partial charge in [0.15, 0.2) is 11.5 Å². The second-order valence-electron chi connectivity index (χ2n) is 6.52. The zero-order chi connectivity index (χ0) is 19.9. The van der Waals surface area contributed by atoms with Gasteiger partial charge in [0, 0.05) is 43.3 Å². The van der Waals surface area contributed by atoms with Crippen molar-refractivity contribution in [1.29, 1.82) is 0 Å². The first kappa shape index (κ1) is 20.3.